The van der Waals surface area contributed by atoms with Gasteiger partial charge in [0.15, 0.2) is 28.2 Å². The lowest BCUT2D eigenvalue weighted by Gasteiger charge is -2.15. The summed E-state index contributed by atoms with van der Waals surface area (Å²) in [5.41, 5.74) is 3.37. The number of amides is 1. The molecule has 4 aromatic carbocycles. The molecule has 0 atom stereocenters. The molecule has 45 heavy (non-hydrogen) atoms. The zero-order valence-corrected chi connectivity index (χ0v) is 23.6. The van der Waals surface area contributed by atoms with Gasteiger partial charge >= 0.3 is 6.18 Å². The number of carbonyl (C=O) groups excluding carboxylic acids is 1. The molecule has 16 heteroatoms. The third-order valence-corrected chi connectivity index (χ3v) is 8.19. The van der Waals surface area contributed by atoms with E-state index in [0.717, 1.165) is 30.3 Å². The lowest BCUT2D eigenvalue weighted by atomic mass is 9.98. The Morgan fingerprint density at radius 3 is 2.16 bits per heavy atom. The number of carbonyl (C=O) groups is 1. The SMILES string of the molecule is Cn1cnc2cc(-c3cccc(NC(=O)c4ccc(NS(=O)(=O)c5c(F)c(F)c(CN)c(F)c5F)cc4)c3)c(C(F)(F)F)cc21. The Hall–Kier alpha value is -4.96. The molecule has 0 radical (unpaired) electrons. The van der Waals surface area contributed by atoms with E-state index in [1.807, 2.05) is 0 Å². The van der Waals surface area contributed by atoms with Gasteiger partial charge in [-0.25, -0.2) is 31.0 Å². The molecule has 1 heterocycles. The Balaban J connectivity index is 1.37. The highest BCUT2D eigenvalue weighted by Crippen LogP contribution is 2.40. The molecule has 0 aliphatic heterocycles. The Labute approximate surface area is 250 Å². The van der Waals surface area contributed by atoms with Gasteiger partial charge < -0.3 is 15.6 Å². The maximum Gasteiger partial charge on any atom is 0.417 e. The quantitative estimate of drug-likeness (QED) is 0.141. The van der Waals surface area contributed by atoms with Crippen molar-refractivity contribution in [3.63, 3.8) is 0 Å². The number of rotatable bonds is 7. The molecule has 4 N–H and O–H groups in total. The number of aromatic nitrogens is 2. The highest BCUT2D eigenvalue weighted by molar-refractivity contribution is 7.92. The van der Waals surface area contributed by atoms with Gasteiger partial charge in [0.1, 0.15) is 0 Å². The molecule has 0 fully saturated rings. The maximum atomic E-state index is 14.4. The molecule has 0 saturated carbocycles. The van der Waals surface area contributed by atoms with Gasteiger partial charge in [0.25, 0.3) is 15.9 Å². The van der Waals surface area contributed by atoms with Crippen molar-refractivity contribution < 1.29 is 43.9 Å². The summed E-state index contributed by atoms with van der Waals surface area (Å²) in [6.07, 6.45) is -3.30. The number of nitrogens with two attached hydrogens (primary N) is 1. The Morgan fingerprint density at radius 1 is 0.911 bits per heavy atom. The van der Waals surface area contributed by atoms with Crippen molar-refractivity contribution in [1.82, 2.24) is 9.55 Å². The molecule has 1 aromatic heterocycles. The lowest BCUT2D eigenvalue weighted by Crippen LogP contribution is -2.20. The van der Waals surface area contributed by atoms with Crippen LogP contribution >= 0.6 is 0 Å². The third-order valence-electron chi connectivity index (χ3n) is 6.79. The normalized spacial score (nSPS) is 12.0. The second-order valence-corrected chi connectivity index (χ2v) is 11.3. The Kier molecular flexibility index (Phi) is 8.05. The second kappa shape index (κ2) is 11.5. The van der Waals surface area contributed by atoms with Crippen LogP contribution in [0.4, 0.5) is 42.1 Å². The van der Waals surface area contributed by atoms with Gasteiger partial charge in [-0.3, -0.25) is 9.52 Å². The van der Waals surface area contributed by atoms with Gasteiger partial charge in [-0.2, -0.15) is 13.2 Å². The first-order valence-corrected chi connectivity index (χ1v) is 14.2. The maximum absolute atomic E-state index is 14.4. The molecule has 5 rings (SSSR count). The summed E-state index contributed by atoms with van der Waals surface area (Å²) in [6, 6.07) is 12.3. The van der Waals surface area contributed by atoms with Gasteiger partial charge in [-0.15, -0.1) is 0 Å². The number of nitrogens with one attached hydrogen (secondary N) is 2. The van der Waals surface area contributed by atoms with E-state index in [1.54, 1.807) is 11.8 Å². The van der Waals surface area contributed by atoms with Crippen LogP contribution in [0.2, 0.25) is 0 Å². The number of hydrogen-bond acceptors (Lipinski definition) is 5. The van der Waals surface area contributed by atoms with Crippen LogP contribution in [0.3, 0.4) is 0 Å². The van der Waals surface area contributed by atoms with E-state index in [2.05, 4.69) is 10.3 Å². The minimum absolute atomic E-state index is 0.0454. The van der Waals surface area contributed by atoms with E-state index in [4.69, 9.17) is 5.73 Å². The van der Waals surface area contributed by atoms with Crippen molar-refractivity contribution in [3.05, 3.63) is 107 Å². The first-order valence-electron chi connectivity index (χ1n) is 12.7. The molecule has 234 valence electrons. The van der Waals surface area contributed by atoms with Crippen molar-refractivity contribution in [2.24, 2.45) is 12.8 Å². The van der Waals surface area contributed by atoms with Gasteiger partial charge in [0.05, 0.1) is 22.9 Å². The van der Waals surface area contributed by atoms with Crippen molar-refractivity contribution in [2.75, 3.05) is 10.0 Å². The zero-order chi connectivity index (χ0) is 32.8. The average Bonchev–Trinajstić information content (AvgIpc) is 3.35. The van der Waals surface area contributed by atoms with E-state index in [-0.39, 0.29) is 33.6 Å². The predicted octanol–water partition coefficient (Wildman–Crippen LogP) is 6.33. The first kappa shape index (κ1) is 31.5. The molecular formula is C29H20F7N5O3S. The number of nitrogens with zero attached hydrogens (tertiary/aromatic N) is 2. The Morgan fingerprint density at radius 2 is 1.56 bits per heavy atom. The smallest absolute Gasteiger partial charge is 0.334 e. The molecular weight excluding hydrogens is 631 g/mol. The number of halogens is 7. The molecule has 0 spiro atoms. The molecule has 0 saturated heterocycles. The molecule has 0 bridgehead atoms. The van der Waals surface area contributed by atoms with Crippen LogP contribution in [0.1, 0.15) is 21.5 Å². The van der Waals surface area contributed by atoms with Crippen LogP contribution < -0.4 is 15.8 Å². The van der Waals surface area contributed by atoms with Crippen molar-refractivity contribution in [1.29, 1.82) is 0 Å². The summed E-state index contributed by atoms with van der Waals surface area (Å²) in [5, 5.41) is 2.53. The molecule has 0 aliphatic carbocycles. The number of aryl methyl sites for hydroxylation is 1. The molecule has 0 unspecified atom stereocenters. The first-order chi connectivity index (χ1) is 21.1. The number of benzene rings is 4. The van der Waals surface area contributed by atoms with Crippen LogP contribution in [-0.2, 0) is 29.8 Å². The van der Waals surface area contributed by atoms with Crippen LogP contribution in [0, 0.1) is 23.3 Å². The van der Waals surface area contributed by atoms with Crippen molar-refractivity contribution in [3.8, 4) is 11.1 Å². The minimum Gasteiger partial charge on any atom is -0.334 e. The van der Waals surface area contributed by atoms with Crippen LogP contribution in [-0.4, -0.2) is 23.9 Å². The van der Waals surface area contributed by atoms with Gasteiger partial charge in [-0.1, -0.05) is 12.1 Å². The standard InChI is InChI=1S/C29H20F7N5O3S/c1-41-13-38-21-10-18(20(11-22(21)41)29(34,35)36)15-3-2-4-17(9-15)39-28(42)14-5-7-16(8-6-14)40-45(43,44)27-25(32)23(30)19(12-37)24(31)26(27)33/h2-11,13,40H,12,37H2,1H3,(H,39,42). The fourth-order valence-corrected chi connectivity index (χ4v) is 5.78. The van der Waals surface area contributed by atoms with E-state index < -0.39 is 67.9 Å². The molecule has 1 amide bonds. The number of sulfonamides is 1. The summed E-state index contributed by atoms with van der Waals surface area (Å²) < 4.78 is 127. The monoisotopic (exact) mass is 651 g/mol. The van der Waals surface area contributed by atoms with E-state index in [0.29, 0.717) is 5.52 Å². The third kappa shape index (κ3) is 5.93. The second-order valence-electron chi connectivity index (χ2n) is 9.73. The van der Waals surface area contributed by atoms with E-state index >= 15 is 0 Å². The number of imidazole rings is 1. The number of anilines is 2. The van der Waals surface area contributed by atoms with Crippen molar-refractivity contribution in [2.45, 2.75) is 17.6 Å². The van der Waals surface area contributed by atoms with Gasteiger partial charge in [0.2, 0.25) is 0 Å². The Bertz CT molecular complexity index is 2050. The topological polar surface area (TPSA) is 119 Å². The van der Waals surface area contributed by atoms with Gasteiger partial charge in [-0.05, 0) is 59.7 Å². The number of alkyl halides is 3. The fourth-order valence-electron chi connectivity index (χ4n) is 4.58. The number of hydrogen-bond donors (Lipinski definition) is 3. The molecule has 8 nitrogen and oxygen atoms in total. The fraction of sp³-hybridized carbons (Fsp3) is 0.103. The highest BCUT2D eigenvalue weighted by atomic mass is 32.2. The van der Waals surface area contributed by atoms with Crippen molar-refractivity contribution >= 4 is 38.3 Å². The summed E-state index contributed by atoms with van der Waals surface area (Å²) in [4.78, 5) is 15.1. The predicted molar refractivity (Wildman–Crippen MR) is 151 cm³/mol. The van der Waals surface area contributed by atoms with Crippen LogP contribution in [0.15, 0.2) is 71.9 Å². The average molecular weight is 652 g/mol. The van der Waals surface area contributed by atoms with E-state index in [1.165, 1.54) is 41.2 Å². The van der Waals surface area contributed by atoms with Crippen LogP contribution in [0.25, 0.3) is 22.2 Å². The lowest BCUT2D eigenvalue weighted by molar-refractivity contribution is -0.137. The zero-order valence-electron chi connectivity index (χ0n) is 22.8. The molecule has 0 aliphatic rings. The minimum atomic E-state index is -5.19. The van der Waals surface area contributed by atoms with Gasteiger partial charge in [0, 0.05) is 36.1 Å². The van der Waals surface area contributed by atoms with E-state index in [9.17, 15) is 43.9 Å². The summed E-state index contributed by atoms with van der Waals surface area (Å²) >= 11 is 0. The summed E-state index contributed by atoms with van der Waals surface area (Å²) in [6.45, 7) is -0.928. The van der Waals surface area contributed by atoms with Crippen LogP contribution in [0.5, 0.6) is 0 Å². The summed E-state index contributed by atoms with van der Waals surface area (Å²) in [5.74, 6) is -8.99. The summed E-state index contributed by atoms with van der Waals surface area (Å²) in [7, 11) is -3.63. The largest absolute Gasteiger partial charge is 0.417 e. The highest BCUT2D eigenvalue weighted by Gasteiger charge is 2.35. The molecule has 5 aromatic rings. The number of fused-ring (bicyclic) bond motifs is 1.